The molecule has 2 heterocycles. The van der Waals surface area contributed by atoms with Crippen molar-refractivity contribution in [3.8, 4) is 5.75 Å². The molecule has 0 aliphatic carbocycles. The van der Waals surface area contributed by atoms with E-state index in [1.165, 1.54) is 12.3 Å². The summed E-state index contributed by atoms with van der Waals surface area (Å²) in [5.41, 5.74) is -0.0642. The first-order valence-electron chi connectivity index (χ1n) is 4.40. The normalized spacial score (nSPS) is 11.7. The van der Waals surface area contributed by atoms with Crippen molar-refractivity contribution in [3.05, 3.63) is 18.2 Å². The van der Waals surface area contributed by atoms with Gasteiger partial charge >= 0.3 is 6.18 Å². The maximum atomic E-state index is 12.0. The minimum absolute atomic E-state index is 0.0150. The van der Waals surface area contributed by atoms with Gasteiger partial charge in [-0.25, -0.2) is 9.97 Å². The molecule has 0 amide bonds. The molecule has 0 saturated heterocycles. The fraction of sp³-hybridized carbons (Fsp3) is 0.222. The van der Waals surface area contributed by atoms with Gasteiger partial charge in [0, 0.05) is 12.3 Å². The number of halogens is 3. The van der Waals surface area contributed by atoms with E-state index in [-0.39, 0.29) is 22.9 Å². The molecule has 0 spiro atoms. The van der Waals surface area contributed by atoms with Crippen molar-refractivity contribution in [2.24, 2.45) is 0 Å². The van der Waals surface area contributed by atoms with E-state index in [0.29, 0.717) is 6.29 Å². The third kappa shape index (κ3) is 2.52. The zero-order valence-electron chi connectivity index (χ0n) is 8.19. The fourth-order valence-corrected chi connectivity index (χ4v) is 1.15. The highest BCUT2D eigenvalue weighted by molar-refractivity contribution is 5.80. The molecule has 8 heteroatoms. The number of carbonyl (C=O) groups is 1. The van der Waals surface area contributed by atoms with Gasteiger partial charge in [-0.15, -0.1) is 0 Å². The number of hydrogen-bond donors (Lipinski definition) is 0. The molecule has 17 heavy (non-hydrogen) atoms. The minimum atomic E-state index is -4.45. The summed E-state index contributed by atoms with van der Waals surface area (Å²) in [7, 11) is 0. The fourth-order valence-electron chi connectivity index (χ4n) is 1.15. The molecule has 5 nitrogen and oxygen atoms in total. The molecule has 0 saturated carbocycles. The smallest absolute Gasteiger partial charge is 0.422 e. The molecule has 0 fully saturated rings. The van der Waals surface area contributed by atoms with Crippen molar-refractivity contribution in [1.29, 1.82) is 0 Å². The van der Waals surface area contributed by atoms with Crippen LogP contribution in [0.5, 0.6) is 5.75 Å². The van der Waals surface area contributed by atoms with Crippen LogP contribution in [0.15, 0.2) is 16.7 Å². The summed E-state index contributed by atoms with van der Waals surface area (Å²) >= 11 is 0. The second-order valence-corrected chi connectivity index (χ2v) is 3.04. The average Bonchev–Trinajstić information content (AvgIpc) is 2.68. The molecule has 0 aliphatic rings. The zero-order chi connectivity index (χ0) is 12.5. The van der Waals surface area contributed by atoms with Gasteiger partial charge < -0.3 is 9.15 Å². The number of alkyl halides is 3. The van der Waals surface area contributed by atoms with Gasteiger partial charge in [-0.1, -0.05) is 0 Å². The van der Waals surface area contributed by atoms with Crippen LogP contribution in [0.25, 0.3) is 11.2 Å². The number of oxazole rings is 1. The van der Waals surface area contributed by atoms with Crippen molar-refractivity contribution in [1.82, 2.24) is 9.97 Å². The summed E-state index contributed by atoms with van der Waals surface area (Å²) < 4.78 is 45.3. The summed E-state index contributed by atoms with van der Waals surface area (Å²) in [4.78, 5) is 17.7. The van der Waals surface area contributed by atoms with Crippen LogP contribution in [0, 0.1) is 0 Å². The van der Waals surface area contributed by atoms with Crippen LogP contribution in [0.4, 0.5) is 13.2 Å². The Morgan fingerprint density at radius 3 is 2.88 bits per heavy atom. The lowest BCUT2D eigenvalue weighted by molar-refractivity contribution is -0.153. The topological polar surface area (TPSA) is 65.2 Å². The molecule has 2 aromatic rings. The van der Waals surface area contributed by atoms with Gasteiger partial charge in [0.15, 0.2) is 17.9 Å². The van der Waals surface area contributed by atoms with Crippen molar-refractivity contribution in [3.63, 3.8) is 0 Å². The molecule has 0 unspecified atom stereocenters. The SMILES string of the molecule is O=Cc1nc2c(OCC(F)(F)F)ccnc2o1. The third-order valence-electron chi connectivity index (χ3n) is 1.77. The summed E-state index contributed by atoms with van der Waals surface area (Å²) in [5, 5.41) is 0. The number of ether oxygens (including phenoxy) is 1. The largest absolute Gasteiger partial charge is 0.482 e. The molecule has 0 atom stereocenters. The van der Waals surface area contributed by atoms with Gasteiger partial charge in [0.1, 0.15) is 0 Å². The highest BCUT2D eigenvalue weighted by Gasteiger charge is 2.29. The van der Waals surface area contributed by atoms with E-state index in [4.69, 9.17) is 4.42 Å². The number of rotatable bonds is 3. The molecule has 2 aromatic heterocycles. The summed E-state index contributed by atoms with van der Waals surface area (Å²) in [6, 6.07) is 1.21. The maximum Gasteiger partial charge on any atom is 0.422 e. The van der Waals surface area contributed by atoms with Crippen LogP contribution in [0.2, 0.25) is 0 Å². The number of hydrogen-bond acceptors (Lipinski definition) is 5. The van der Waals surface area contributed by atoms with Crippen LogP contribution < -0.4 is 4.74 Å². The van der Waals surface area contributed by atoms with E-state index in [1.54, 1.807) is 0 Å². The Kier molecular flexibility index (Phi) is 2.70. The number of fused-ring (bicyclic) bond motifs is 1. The standard InChI is InChI=1S/C9H5F3N2O3/c10-9(11,12)4-16-5-1-2-13-8-7(5)14-6(3-15)17-8/h1-3H,4H2. The molecule has 0 aliphatic heterocycles. The number of nitrogens with zero attached hydrogens (tertiary/aromatic N) is 2. The first-order valence-corrected chi connectivity index (χ1v) is 4.40. The van der Waals surface area contributed by atoms with Crippen LogP contribution >= 0.6 is 0 Å². The van der Waals surface area contributed by atoms with E-state index >= 15 is 0 Å². The zero-order valence-corrected chi connectivity index (χ0v) is 8.19. The Bertz CT molecular complexity index is 550. The lowest BCUT2D eigenvalue weighted by Crippen LogP contribution is -2.19. The Morgan fingerprint density at radius 2 is 2.24 bits per heavy atom. The molecule has 0 bridgehead atoms. The van der Waals surface area contributed by atoms with Gasteiger partial charge in [-0.2, -0.15) is 13.2 Å². The van der Waals surface area contributed by atoms with Gasteiger partial charge in [0.05, 0.1) is 0 Å². The quantitative estimate of drug-likeness (QED) is 0.774. The molecular formula is C9H5F3N2O3. The number of aromatic nitrogens is 2. The Labute approximate surface area is 92.2 Å². The monoisotopic (exact) mass is 246 g/mol. The van der Waals surface area contributed by atoms with Gasteiger partial charge in [0.25, 0.3) is 11.6 Å². The summed E-state index contributed by atoms with van der Waals surface area (Å²) in [6.45, 7) is -1.45. The van der Waals surface area contributed by atoms with E-state index in [1.807, 2.05) is 0 Å². The summed E-state index contributed by atoms with van der Waals surface area (Å²) in [5.74, 6) is -0.403. The lowest BCUT2D eigenvalue weighted by Gasteiger charge is -2.08. The maximum absolute atomic E-state index is 12.0. The van der Waals surface area contributed by atoms with Crippen LogP contribution in [-0.4, -0.2) is 29.0 Å². The van der Waals surface area contributed by atoms with Crippen LogP contribution in [0.3, 0.4) is 0 Å². The van der Waals surface area contributed by atoms with E-state index in [2.05, 4.69) is 14.7 Å². The Hall–Kier alpha value is -2.12. The van der Waals surface area contributed by atoms with Crippen molar-refractivity contribution >= 4 is 17.5 Å². The van der Waals surface area contributed by atoms with Gasteiger partial charge in [-0.3, -0.25) is 4.79 Å². The molecule has 90 valence electrons. The van der Waals surface area contributed by atoms with Crippen molar-refractivity contribution in [2.75, 3.05) is 6.61 Å². The highest BCUT2D eigenvalue weighted by atomic mass is 19.4. The van der Waals surface area contributed by atoms with E-state index < -0.39 is 12.8 Å². The Morgan fingerprint density at radius 1 is 1.47 bits per heavy atom. The number of pyridine rings is 1. The average molecular weight is 246 g/mol. The molecule has 2 rings (SSSR count). The van der Waals surface area contributed by atoms with Crippen molar-refractivity contribution in [2.45, 2.75) is 6.18 Å². The van der Waals surface area contributed by atoms with Crippen LogP contribution in [0.1, 0.15) is 10.7 Å². The molecule has 0 aromatic carbocycles. The Balaban J connectivity index is 2.33. The summed E-state index contributed by atoms with van der Waals surface area (Å²) in [6.07, 6.45) is -2.92. The first-order chi connectivity index (χ1) is 7.99. The van der Waals surface area contributed by atoms with Crippen molar-refractivity contribution < 1.29 is 27.1 Å². The van der Waals surface area contributed by atoms with Gasteiger partial charge in [-0.05, 0) is 0 Å². The third-order valence-corrected chi connectivity index (χ3v) is 1.77. The van der Waals surface area contributed by atoms with Gasteiger partial charge in [0.2, 0.25) is 6.29 Å². The predicted molar refractivity (Wildman–Crippen MR) is 48.7 cm³/mol. The second kappa shape index (κ2) is 4.04. The minimum Gasteiger partial charge on any atom is -0.482 e. The molecule has 0 N–H and O–H groups in total. The lowest BCUT2D eigenvalue weighted by atomic mass is 10.4. The second-order valence-electron chi connectivity index (χ2n) is 3.04. The van der Waals surface area contributed by atoms with E-state index in [0.717, 1.165) is 0 Å². The van der Waals surface area contributed by atoms with E-state index in [9.17, 15) is 18.0 Å². The first kappa shape index (κ1) is 11.4. The number of aldehydes is 1. The number of carbonyl (C=O) groups excluding carboxylic acids is 1. The highest BCUT2D eigenvalue weighted by Crippen LogP contribution is 2.25. The molecular weight excluding hydrogens is 241 g/mol. The predicted octanol–water partition coefficient (Wildman–Crippen LogP) is 1.98. The molecule has 0 radical (unpaired) electrons. The van der Waals surface area contributed by atoms with Crippen LogP contribution in [-0.2, 0) is 0 Å².